The maximum Gasteiger partial charge on any atom is 0.416 e. The zero-order valence-electron chi connectivity index (χ0n) is 10.5. The van der Waals surface area contributed by atoms with E-state index >= 15 is 0 Å². The van der Waals surface area contributed by atoms with E-state index in [1.54, 1.807) is 6.92 Å². The summed E-state index contributed by atoms with van der Waals surface area (Å²) in [6.45, 7) is 2.96. The van der Waals surface area contributed by atoms with Gasteiger partial charge >= 0.3 is 6.18 Å². The topological polar surface area (TPSA) is 44.5 Å². The third-order valence-corrected chi connectivity index (χ3v) is 3.20. The third kappa shape index (κ3) is 3.26. The molecule has 2 rings (SSSR count). The molecule has 0 radical (unpaired) electrons. The van der Waals surface area contributed by atoms with Gasteiger partial charge in [-0.15, -0.1) is 0 Å². The van der Waals surface area contributed by atoms with Crippen LogP contribution >= 0.6 is 0 Å². The minimum absolute atomic E-state index is 0.316. The molecule has 1 aliphatic rings. The summed E-state index contributed by atoms with van der Waals surface area (Å²) in [7, 11) is 0. The number of rotatable bonds is 2. The highest BCUT2D eigenvalue weighted by Crippen LogP contribution is 2.32. The van der Waals surface area contributed by atoms with Gasteiger partial charge in [-0.1, -0.05) is 6.07 Å². The first-order valence-electron chi connectivity index (χ1n) is 6.02. The molecule has 0 spiro atoms. The Hall–Kier alpha value is -1.11. The van der Waals surface area contributed by atoms with Crippen molar-refractivity contribution in [3.05, 3.63) is 34.9 Å². The van der Waals surface area contributed by atoms with Crippen molar-refractivity contribution < 1.29 is 22.6 Å². The van der Waals surface area contributed by atoms with E-state index < -0.39 is 17.8 Å². The van der Waals surface area contributed by atoms with Gasteiger partial charge in [0, 0.05) is 0 Å². The summed E-state index contributed by atoms with van der Waals surface area (Å²) in [6.07, 6.45) is -4.65. The van der Waals surface area contributed by atoms with E-state index in [9.17, 15) is 13.2 Å². The van der Waals surface area contributed by atoms with E-state index in [0.29, 0.717) is 30.9 Å². The van der Waals surface area contributed by atoms with Gasteiger partial charge < -0.3 is 15.2 Å². The van der Waals surface area contributed by atoms with Crippen LogP contribution in [-0.2, 0) is 15.7 Å². The first-order chi connectivity index (χ1) is 8.89. The normalized spacial score (nSPS) is 22.3. The fourth-order valence-electron chi connectivity index (χ4n) is 2.14. The minimum atomic E-state index is -4.34. The molecule has 1 heterocycles. The van der Waals surface area contributed by atoms with Crippen LogP contribution in [0.15, 0.2) is 18.2 Å². The van der Waals surface area contributed by atoms with E-state index in [4.69, 9.17) is 15.2 Å². The van der Waals surface area contributed by atoms with Gasteiger partial charge in [-0.2, -0.15) is 13.2 Å². The molecule has 2 N–H and O–H groups in total. The molecule has 1 aromatic rings. The second kappa shape index (κ2) is 5.48. The smallest absolute Gasteiger partial charge is 0.376 e. The van der Waals surface area contributed by atoms with Crippen LogP contribution in [0.4, 0.5) is 13.2 Å². The number of nitrogens with two attached hydrogens (primary N) is 1. The minimum Gasteiger partial charge on any atom is -0.376 e. The number of benzene rings is 1. The molecular weight excluding hydrogens is 259 g/mol. The molecule has 2 atom stereocenters. The number of alkyl halides is 3. The molecule has 0 aliphatic carbocycles. The lowest BCUT2D eigenvalue weighted by Gasteiger charge is -2.29. The Labute approximate surface area is 109 Å². The standard InChI is InChI=1S/C13H16F3NO2/c1-8-6-9(13(14,15)16)2-3-10(8)12(17)11-7-18-4-5-19-11/h2-3,6,11-12H,4-5,7,17H2,1H3. The zero-order valence-corrected chi connectivity index (χ0v) is 10.5. The summed E-state index contributed by atoms with van der Waals surface area (Å²) in [6, 6.07) is 3.09. The molecule has 0 bridgehead atoms. The summed E-state index contributed by atoms with van der Waals surface area (Å²) >= 11 is 0. The van der Waals surface area contributed by atoms with Gasteiger partial charge in [0.05, 0.1) is 31.4 Å². The van der Waals surface area contributed by atoms with Crippen molar-refractivity contribution in [2.45, 2.75) is 25.2 Å². The molecule has 19 heavy (non-hydrogen) atoms. The molecule has 0 aromatic heterocycles. The number of hydrogen-bond acceptors (Lipinski definition) is 3. The van der Waals surface area contributed by atoms with E-state index in [-0.39, 0.29) is 6.10 Å². The van der Waals surface area contributed by atoms with E-state index in [0.717, 1.165) is 12.1 Å². The Morgan fingerprint density at radius 2 is 2.05 bits per heavy atom. The molecule has 1 saturated heterocycles. The van der Waals surface area contributed by atoms with Crippen molar-refractivity contribution >= 4 is 0 Å². The summed E-state index contributed by atoms with van der Waals surface area (Å²) in [4.78, 5) is 0. The Balaban J connectivity index is 2.20. The first kappa shape index (κ1) is 14.3. The van der Waals surface area contributed by atoms with Crippen molar-refractivity contribution in [1.29, 1.82) is 0 Å². The maximum atomic E-state index is 12.6. The highest BCUT2D eigenvalue weighted by molar-refractivity contribution is 5.35. The van der Waals surface area contributed by atoms with Crippen LogP contribution in [-0.4, -0.2) is 25.9 Å². The molecule has 6 heteroatoms. The van der Waals surface area contributed by atoms with Crippen molar-refractivity contribution in [2.75, 3.05) is 19.8 Å². The number of ether oxygens (including phenoxy) is 2. The highest BCUT2D eigenvalue weighted by atomic mass is 19.4. The van der Waals surface area contributed by atoms with Gasteiger partial charge in [0.15, 0.2) is 0 Å². The fourth-order valence-corrected chi connectivity index (χ4v) is 2.14. The van der Waals surface area contributed by atoms with Gasteiger partial charge in [-0.05, 0) is 30.2 Å². The number of hydrogen-bond donors (Lipinski definition) is 1. The quantitative estimate of drug-likeness (QED) is 0.901. The van der Waals surface area contributed by atoms with Crippen LogP contribution in [0.1, 0.15) is 22.7 Å². The lowest BCUT2D eigenvalue weighted by atomic mass is 9.95. The average molecular weight is 275 g/mol. The van der Waals surface area contributed by atoms with Crippen LogP contribution in [0, 0.1) is 6.92 Å². The zero-order chi connectivity index (χ0) is 14.0. The van der Waals surface area contributed by atoms with Crippen LogP contribution in [0.3, 0.4) is 0 Å². The molecule has 1 aromatic carbocycles. The van der Waals surface area contributed by atoms with Crippen molar-refractivity contribution in [3.63, 3.8) is 0 Å². The third-order valence-electron chi connectivity index (χ3n) is 3.20. The molecule has 1 aliphatic heterocycles. The van der Waals surface area contributed by atoms with E-state index in [1.807, 2.05) is 0 Å². The molecule has 3 nitrogen and oxygen atoms in total. The van der Waals surface area contributed by atoms with Crippen LogP contribution in [0.5, 0.6) is 0 Å². The lowest BCUT2D eigenvalue weighted by Crippen LogP contribution is -2.38. The average Bonchev–Trinajstić information content (AvgIpc) is 2.38. The predicted octanol–water partition coefficient (Wildman–Crippen LogP) is 2.43. The number of aryl methyl sites for hydroxylation is 1. The van der Waals surface area contributed by atoms with Crippen molar-refractivity contribution in [1.82, 2.24) is 0 Å². The van der Waals surface area contributed by atoms with Gasteiger partial charge in [0.25, 0.3) is 0 Å². The molecule has 1 fully saturated rings. The Bertz CT molecular complexity index is 442. The van der Waals surface area contributed by atoms with Gasteiger partial charge in [-0.3, -0.25) is 0 Å². The van der Waals surface area contributed by atoms with Crippen LogP contribution in [0.2, 0.25) is 0 Å². The highest BCUT2D eigenvalue weighted by Gasteiger charge is 2.32. The van der Waals surface area contributed by atoms with Gasteiger partial charge in [0.2, 0.25) is 0 Å². The monoisotopic (exact) mass is 275 g/mol. The van der Waals surface area contributed by atoms with Crippen LogP contribution in [0.25, 0.3) is 0 Å². The largest absolute Gasteiger partial charge is 0.416 e. The van der Waals surface area contributed by atoms with Gasteiger partial charge in [-0.25, -0.2) is 0 Å². The maximum absolute atomic E-state index is 12.6. The summed E-state index contributed by atoms with van der Waals surface area (Å²) in [5.41, 5.74) is 6.55. The second-order valence-corrected chi connectivity index (χ2v) is 4.58. The number of halogens is 3. The molecular formula is C13H16F3NO2. The van der Waals surface area contributed by atoms with Crippen molar-refractivity contribution in [3.8, 4) is 0 Å². The van der Waals surface area contributed by atoms with E-state index in [2.05, 4.69) is 0 Å². The van der Waals surface area contributed by atoms with Crippen molar-refractivity contribution in [2.24, 2.45) is 5.73 Å². The SMILES string of the molecule is Cc1cc(C(F)(F)F)ccc1C(N)C1COCCO1. The molecule has 106 valence electrons. The summed E-state index contributed by atoms with van der Waals surface area (Å²) in [5.74, 6) is 0. The Kier molecular flexibility index (Phi) is 4.13. The Morgan fingerprint density at radius 3 is 2.58 bits per heavy atom. The first-order valence-corrected chi connectivity index (χ1v) is 6.02. The molecule has 0 amide bonds. The molecule has 0 saturated carbocycles. The Morgan fingerprint density at radius 1 is 1.32 bits per heavy atom. The second-order valence-electron chi connectivity index (χ2n) is 4.58. The lowest BCUT2D eigenvalue weighted by molar-refractivity contribution is -0.137. The van der Waals surface area contributed by atoms with Crippen LogP contribution < -0.4 is 5.73 Å². The van der Waals surface area contributed by atoms with E-state index in [1.165, 1.54) is 6.07 Å². The summed E-state index contributed by atoms with van der Waals surface area (Å²) < 4.78 is 48.5. The van der Waals surface area contributed by atoms with Gasteiger partial charge in [0.1, 0.15) is 6.10 Å². The fraction of sp³-hybridized carbons (Fsp3) is 0.538. The predicted molar refractivity (Wildman–Crippen MR) is 63.7 cm³/mol. The molecule has 2 unspecified atom stereocenters. The summed E-state index contributed by atoms with van der Waals surface area (Å²) in [5, 5.41) is 0.